The second kappa shape index (κ2) is 9.55. The van der Waals surface area contributed by atoms with Crippen molar-refractivity contribution < 1.29 is 23.9 Å². The lowest BCUT2D eigenvalue weighted by molar-refractivity contribution is -0.136. The van der Waals surface area contributed by atoms with Crippen LogP contribution in [0.4, 0.5) is 11.4 Å². The zero-order valence-electron chi connectivity index (χ0n) is 16.7. The summed E-state index contributed by atoms with van der Waals surface area (Å²) in [5.41, 5.74) is 4.57. The van der Waals surface area contributed by atoms with Crippen LogP contribution in [0.2, 0.25) is 0 Å². The summed E-state index contributed by atoms with van der Waals surface area (Å²) in [5.74, 6) is -0.913. The van der Waals surface area contributed by atoms with Crippen molar-refractivity contribution >= 4 is 34.8 Å². The van der Waals surface area contributed by atoms with Crippen LogP contribution < -0.4 is 25.5 Å². The van der Waals surface area contributed by atoms with E-state index < -0.39 is 11.8 Å². The van der Waals surface area contributed by atoms with Crippen molar-refractivity contribution in [2.75, 3.05) is 23.8 Å². The molecule has 0 bridgehead atoms. The molecule has 3 amide bonds. The summed E-state index contributed by atoms with van der Waals surface area (Å²) in [6.45, 7) is 4.43. The third-order valence-electron chi connectivity index (χ3n) is 4.11. The Balaban J connectivity index is 1.48. The molecule has 2 aromatic carbocycles. The zero-order valence-corrected chi connectivity index (χ0v) is 16.7. The van der Waals surface area contributed by atoms with E-state index in [0.29, 0.717) is 41.8 Å². The smallest absolute Gasteiger partial charge is 0.329 e. The number of nitrogens with zero attached hydrogens (tertiary/aromatic N) is 1. The Hall–Kier alpha value is -3.88. The van der Waals surface area contributed by atoms with E-state index in [2.05, 4.69) is 21.2 Å². The average Bonchev–Trinajstić information content (AvgIpc) is 2.73. The van der Waals surface area contributed by atoms with Gasteiger partial charge in [0.25, 0.3) is 0 Å². The minimum atomic E-state index is -0.929. The number of ether oxygens (including phenoxy) is 2. The second-order valence-corrected chi connectivity index (χ2v) is 6.69. The lowest BCUT2D eigenvalue weighted by Crippen LogP contribution is -2.33. The van der Waals surface area contributed by atoms with Crippen LogP contribution in [0, 0.1) is 6.92 Å². The lowest BCUT2D eigenvalue weighted by Gasteiger charge is -2.19. The molecule has 0 fully saturated rings. The molecule has 9 heteroatoms. The minimum absolute atomic E-state index is 0.0612. The summed E-state index contributed by atoms with van der Waals surface area (Å²) in [4.78, 5) is 36.0. The van der Waals surface area contributed by atoms with Crippen molar-refractivity contribution in [2.24, 2.45) is 5.10 Å². The van der Waals surface area contributed by atoms with Gasteiger partial charge in [0, 0.05) is 23.2 Å². The number of hydrogen-bond acceptors (Lipinski definition) is 6. The predicted molar refractivity (Wildman–Crippen MR) is 112 cm³/mol. The largest absolute Gasteiger partial charge is 0.486 e. The van der Waals surface area contributed by atoms with Crippen LogP contribution in [0.15, 0.2) is 47.6 Å². The molecule has 0 spiro atoms. The van der Waals surface area contributed by atoms with Gasteiger partial charge in [-0.15, -0.1) is 0 Å². The molecule has 3 rings (SSSR count). The van der Waals surface area contributed by atoms with Crippen LogP contribution in [-0.4, -0.2) is 36.6 Å². The molecule has 9 nitrogen and oxygen atoms in total. The number of benzene rings is 2. The van der Waals surface area contributed by atoms with E-state index in [0.717, 1.165) is 5.56 Å². The van der Waals surface area contributed by atoms with E-state index in [4.69, 9.17) is 9.47 Å². The first kappa shape index (κ1) is 20.8. The van der Waals surface area contributed by atoms with Gasteiger partial charge in [0.15, 0.2) is 11.5 Å². The molecule has 1 aliphatic rings. The van der Waals surface area contributed by atoms with Crippen LogP contribution in [0.5, 0.6) is 11.5 Å². The van der Waals surface area contributed by atoms with Gasteiger partial charge in [-0.25, -0.2) is 5.43 Å². The molecule has 3 N–H and O–H groups in total. The quantitative estimate of drug-likeness (QED) is 0.397. The second-order valence-electron chi connectivity index (χ2n) is 6.69. The fourth-order valence-corrected chi connectivity index (χ4v) is 2.62. The molecule has 30 heavy (non-hydrogen) atoms. The molecule has 0 aliphatic carbocycles. The topological polar surface area (TPSA) is 118 Å². The Labute approximate surface area is 173 Å². The summed E-state index contributed by atoms with van der Waals surface area (Å²) < 4.78 is 10.9. The molecule has 2 aromatic rings. The number of nitrogens with one attached hydrogen (secondary N) is 3. The number of carbonyl (C=O) groups is 3. The van der Waals surface area contributed by atoms with E-state index in [9.17, 15) is 14.4 Å². The Bertz CT molecular complexity index is 985. The predicted octanol–water partition coefficient (Wildman–Crippen LogP) is 2.23. The van der Waals surface area contributed by atoms with Gasteiger partial charge < -0.3 is 20.1 Å². The Morgan fingerprint density at radius 1 is 0.900 bits per heavy atom. The molecule has 0 unspecified atom stereocenters. The van der Waals surface area contributed by atoms with Crippen LogP contribution >= 0.6 is 0 Å². The molecule has 0 aromatic heterocycles. The van der Waals surface area contributed by atoms with Crippen LogP contribution in [0.3, 0.4) is 0 Å². The molecule has 0 atom stereocenters. The van der Waals surface area contributed by atoms with Gasteiger partial charge in [0.2, 0.25) is 5.91 Å². The first-order valence-corrected chi connectivity index (χ1v) is 9.31. The highest BCUT2D eigenvalue weighted by molar-refractivity contribution is 6.39. The van der Waals surface area contributed by atoms with Crippen molar-refractivity contribution in [3.05, 3.63) is 48.0 Å². The van der Waals surface area contributed by atoms with Gasteiger partial charge in [-0.1, -0.05) is 17.7 Å². The lowest BCUT2D eigenvalue weighted by atomic mass is 10.2. The van der Waals surface area contributed by atoms with Crippen molar-refractivity contribution in [3.63, 3.8) is 0 Å². The molecule has 0 radical (unpaired) electrons. The number of hydrogen-bond donors (Lipinski definition) is 3. The highest BCUT2D eigenvalue weighted by atomic mass is 16.6. The molecule has 0 saturated carbocycles. The monoisotopic (exact) mass is 410 g/mol. The van der Waals surface area contributed by atoms with E-state index in [-0.39, 0.29) is 12.3 Å². The van der Waals surface area contributed by atoms with E-state index in [1.165, 1.54) is 0 Å². The number of anilines is 2. The van der Waals surface area contributed by atoms with Gasteiger partial charge in [0.05, 0.1) is 6.42 Å². The SMILES string of the molecule is C/C(CC(=O)Nc1ccc2c(c1)OCCO2)=N\NC(=O)C(=O)Nc1ccc(C)cc1. The zero-order chi connectivity index (χ0) is 21.5. The van der Waals surface area contributed by atoms with Crippen LogP contribution in [0.25, 0.3) is 0 Å². The Kier molecular flexibility index (Phi) is 6.63. The summed E-state index contributed by atoms with van der Waals surface area (Å²) in [6, 6.07) is 12.1. The van der Waals surface area contributed by atoms with Gasteiger partial charge in [0.1, 0.15) is 13.2 Å². The van der Waals surface area contributed by atoms with Gasteiger partial charge >= 0.3 is 11.8 Å². The minimum Gasteiger partial charge on any atom is -0.486 e. The van der Waals surface area contributed by atoms with Crippen LogP contribution in [-0.2, 0) is 14.4 Å². The van der Waals surface area contributed by atoms with Crippen LogP contribution in [0.1, 0.15) is 18.9 Å². The summed E-state index contributed by atoms with van der Waals surface area (Å²) >= 11 is 0. The highest BCUT2D eigenvalue weighted by Crippen LogP contribution is 2.32. The number of rotatable bonds is 5. The summed E-state index contributed by atoms with van der Waals surface area (Å²) in [7, 11) is 0. The third kappa shape index (κ3) is 5.81. The number of aryl methyl sites for hydroxylation is 1. The van der Waals surface area contributed by atoms with Gasteiger partial charge in [-0.3, -0.25) is 14.4 Å². The highest BCUT2D eigenvalue weighted by Gasteiger charge is 2.15. The maximum atomic E-state index is 12.2. The molecule has 1 heterocycles. The van der Waals surface area contributed by atoms with Gasteiger partial charge in [-0.05, 0) is 38.1 Å². The molecular weight excluding hydrogens is 388 g/mol. The van der Waals surface area contributed by atoms with E-state index in [1.54, 1.807) is 37.3 Å². The van der Waals surface area contributed by atoms with E-state index in [1.807, 2.05) is 19.1 Å². The molecule has 156 valence electrons. The number of amides is 3. The Morgan fingerprint density at radius 2 is 1.57 bits per heavy atom. The van der Waals surface area contributed by atoms with Crippen molar-refractivity contribution in [1.82, 2.24) is 5.43 Å². The summed E-state index contributed by atoms with van der Waals surface area (Å²) in [5, 5.41) is 9.00. The molecule has 0 saturated heterocycles. The molecule has 1 aliphatic heterocycles. The Morgan fingerprint density at radius 3 is 2.30 bits per heavy atom. The van der Waals surface area contributed by atoms with Gasteiger partial charge in [-0.2, -0.15) is 5.10 Å². The number of carbonyl (C=O) groups excluding carboxylic acids is 3. The maximum Gasteiger partial charge on any atom is 0.329 e. The standard InChI is InChI=1S/C21H22N4O5/c1-13-3-5-15(6-4-13)23-20(27)21(28)25-24-14(2)11-19(26)22-16-7-8-17-18(12-16)30-10-9-29-17/h3-8,12H,9-11H2,1-2H3,(H,22,26)(H,23,27)(H,25,28)/b24-14+. The van der Waals surface area contributed by atoms with Crippen molar-refractivity contribution in [1.29, 1.82) is 0 Å². The van der Waals surface area contributed by atoms with Crippen molar-refractivity contribution in [3.8, 4) is 11.5 Å². The first-order chi connectivity index (χ1) is 14.4. The van der Waals surface area contributed by atoms with Crippen molar-refractivity contribution in [2.45, 2.75) is 20.3 Å². The average molecular weight is 410 g/mol. The third-order valence-corrected chi connectivity index (χ3v) is 4.11. The molecular formula is C21H22N4O5. The maximum absolute atomic E-state index is 12.2. The van der Waals surface area contributed by atoms with E-state index >= 15 is 0 Å². The fraction of sp³-hybridized carbons (Fsp3) is 0.238. The normalized spacial score (nSPS) is 12.7. The first-order valence-electron chi connectivity index (χ1n) is 9.31. The number of hydrazone groups is 1. The summed E-state index contributed by atoms with van der Waals surface area (Å²) in [6.07, 6.45) is -0.0612. The fourth-order valence-electron chi connectivity index (χ4n) is 2.62. The number of fused-ring (bicyclic) bond motifs is 1.